The first-order valence-corrected chi connectivity index (χ1v) is 10.8. The van der Waals surface area contributed by atoms with Crippen LogP contribution in [0.3, 0.4) is 0 Å². The number of rotatable bonds is 4. The van der Waals surface area contributed by atoms with Crippen LogP contribution in [0.1, 0.15) is 0 Å². The third-order valence-corrected chi connectivity index (χ3v) is 5.47. The Morgan fingerprint density at radius 2 is 0.622 bits per heavy atom. The largest absolute Gasteiger partial charge is 2.00 e. The van der Waals surface area contributed by atoms with Crippen molar-refractivity contribution in [3.8, 4) is 0 Å². The van der Waals surface area contributed by atoms with Crippen LogP contribution in [0.15, 0.2) is 0 Å². The second kappa shape index (κ2) is 15.2. The Kier molecular flexibility index (Phi) is 16.0. The van der Waals surface area contributed by atoms with Crippen molar-refractivity contribution in [3.05, 3.63) is 10.6 Å². The quantitative estimate of drug-likeness (QED) is 0.129. The third kappa shape index (κ3) is 14.5. The van der Waals surface area contributed by atoms with E-state index >= 15 is 0 Å². The monoisotopic (exact) mass is 805 g/mol. The molecule has 269 valence electrons. The summed E-state index contributed by atoms with van der Waals surface area (Å²) in [5, 5.41) is 2.95. The standard InChI is InChI=1S/2C7H3F11N2OS.Cu/c2*8-4(9,7(16,17)18)2(21)20-3(19)22-1(5(10,11)12)6(13,14)15;/h2*1H,(H2,19,20,21);/q;;+2/p-2. The minimum absolute atomic E-state index is 0. The van der Waals surface area contributed by atoms with Gasteiger partial charge in [-0.2, -0.15) is 96.6 Å². The van der Waals surface area contributed by atoms with Gasteiger partial charge in [0.25, 0.3) is 0 Å². The number of hydrogen-bond acceptors (Lipinski definition) is 6. The fourth-order valence-electron chi connectivity index (χ4n) is 1.48. The average molecular weight is 806 g/mol. The van der Waals surface area contributed by atoms with E-state index in [9.17, 15) is 106 Å². The van der Waals surface area contributed by atoms with Gasteiger partial charge in [0.05, 0.1) is 0 Å². The fourth-order valence-corrected chi connectivity index (χ4v) is 2.73. The van der Waals surface area contributed by atoms with Crippen LogP contribution in [0.2, 0.25) is 0 Å². The van der Waals surface area contributed by atoms with Crippen molar-refractivity contribution in [2.45, 2.75) is 59.4 Å². The van der Waals surface area contributed by atoms with E-state index in [2.05, 4.69) is 0 Å². The van der Waals surface area contributed by atoms with E-state index in [1.54, 1.807) is 10.6 Å². The smallest absolute Gasteiger partial charge is 0.476 e. The van der Waals surface area contributed by atoms with Gasteiger partial charge in [0, 0.05) is 0 Å². The van der Waals surface area contributed by atoms with Crippen LogP contribution >= 0.6 is 23.5 Å². The molecule has 31 heteroatoms. The Bertz CT molecular complexity index is 935. The van der Waals surface area contributed by atoms with Crippen LogP contribution in [-0.2, 0) is 26.7 Å². The number of hydrogen-bond donors (Lipinski definition) is 2. The van der Waals surface area contributed by atoms with Crippen molar-refractivity contribution in [2.75, 3.05) is 0 Å². The second-order valence-corrected chi connectivity index (χ2v) is 8.94. The molecule has 0 unspecified atom stereocenters. The SMILES string of the molecule is N=C([N-]C(=O)C(F)(F)C(F)(F)F)SC(C(F)(F)F)C(F)(F)F.N=C([N-]C(=O)C(F)(F)C(F)(F)F)SC(C(F)(F)F)C(F)(F)F.[Cu+2]. The van der Waals surface area contributed by atoms with Crippen molar-refractivity contribution in [1.82, 2.24) is 0 Å². The van der Waals surface area contributed by atoms with Crippen LogP contribution in [0.4, 0.5) is 96.6 Å². The Hall–Kier alpha value is -2.04. The van der Waals surface area contributed by atoms with E-state index in [4.69, 9.17) is 10.8 Å². The molecule has 0 aromatic carbocycles. The Labute approximate surface area is 250 Å². The molecular formula is C14H4CuF22N4O2S2. The molecule has 2 amide bonds. The van der Waals surface area contributed by atoms with Crippen molar-refractivity contribution in [2.24, 2.45) is 0 Å². The molecule has 0 heterocycles. The summed E-state index contributed by atoms with van der Waals surface area (Å²) in [6.07, 6.45) is -36.9. The maximum Gasteiger partial charge on any atom is 2.00 e. The molecule has 0 saturated carbocycles. The first kappa shape index (κ1) is 47.4. The molecule has 1 radical (unpaired) electrons. The van der Waals surface area contributed by atoms with E-state index in [0.717, 1.165) is 0 Å². The molecule has 0 aliphatic carbocycles. The molecule has 6 nitrogen and oxygen atoms in total. The third-order valence-electron chi connectivity index (χ3n) is 3.30. The Morgan fingerprint density at radius 3 is 0.756 bits per heavy atom. The van der Waals surface area contributed by atoms with Crippen molar-refractivity contribution < 1.29 is 123 Å². The average Bonchev–Trinajstić information content (AvgIpc) is 2.71. The summed E-state index contributed by atoms with van der Waals surface area (Å²) in [6.45, 7) is 0. The van der Waals surface area contributed by atoms with E-state index in [1.165, 1.54) is 0 Å². The Balaban J connectivity index is -0.000000767. The van der Waals surface area contributed by atoms with Gasteiger partial charge in [-0.15, -0.1) is 23.5 Å². The summed E-state index contributed by atoms with van der Waals surface area (Å²) in [5.74, 6) is -19.1. The molecule has 0 spiro atoms. The minimum Gasteiger partial charge on any atom is -0.476 e. The van der Waals surface area contributed by atoms with Crippen LogP contribution < -0.4 is 0 Å². The van der Waals surface area contributed by atoms with Gasteiger partial charge < -0.3 is 21.5 Å². The zero-order valence-corrected chi connectivity index (χ0v) is 21.9. The van der Waals surface area contributed by atoms with E-state index in [0.29, 0.717) is 0 Å². The van der Waals surface area contributed by atoms with Crippen molar-refractivity contribution in [3.63, 3.8) is 0 Å². The number of amidine groups is 2. The predicted molar refractivity (Wildman–Crippen MR) is 101 cm³/mol. The number of alkyl halides is 22. The number of nitrogens with zero attached hydrogens (tertiary/aromatic N) is 2. The zero-order valence-electron chi connectivity index (χ0n) is 19.3. The molecule has 0 bridgehead atoms. The topological polar surface area (TPSA) is 110 Å². The molecule has 0 aliphatic heterocycles. The van der Waals surface area contributed by atoms with E-state index in [-0.39, 0.29) is 17.1 Å². The summed E-state index contributed by atoms with van der Waals surface area (Å²) in [4.78, 5) is 20.9. The van der Waals surface area contributed by atoms with Crippen LogP contribution in [-0.4, -0.2) is 81.6 Å². The molecular weight excluding hydrogens is 802 g/mol. The second-order valence-electron chi connectivity index (χ2n) is 6.75. The molecule has 45 heavy (non-hydrogen) atoms. The summed E-state index contributed by atoms with van der Waals surface area (Å²) in [6, 6.07) is 0. The number of nitrogens with one attached hydrogen (secondary N) is 2. The summed E-state index contributed by atoms with van der Waals surface area (Å²) < 4.78 is 264. The van der Waals surface area contributed by atoms with Gasteiger partial charge in [0.15, 0.2) is 10.5 Å². The van der Waals surface area contributed by atoms with Crippen molar-refractivity contribution >= 4 is 45.7 Å². The van der Waals surface area contributed by atoms with Gasteiger partial charge in [-0.05, 0) is 10.3 Å². The molecule has 0 atom stereocenters. The van der Waals surface area contributed by atoms with Gasteiger partial charge in [0.2, 0.25) is 11.8 Å². The number of halogens is 22. The summed E-state index contributed by atoms with van der Waals surface area (Å²) in [7, 11) is 0. The predicted octanol–water partition coefficient (Wildman–Crippen LogP) is 8.49. The van der Waals surface area contributed by atoms with Gasteiger partial charge in [-0.3, -0.25) is 9.59 Å². The molecule has 0 rings (SSSR count). The molecule has 2 N–H and O–H groups in total. The van der Waals surface area contributed by atoms with Gasteiger partial charge >= 0.3 is 66.0 Å². The van der Waals surface area contributed by atoms with E-state index in [1.807, 2.05) is 0 Å². The molecule has 0 saturated heterocycles. The molecule has 0 aromatic heterocycles. The summed E-state index contributed by atoms with van der Waals surface area (Å²) in [5.41, 5.74) is 0. The molecule has 0 aliphatic rings. The fraction of sp³-hybridized carbons (Fsp3) is 0.714. The van der Waals surface area contributed by atoms with E-state index < -0.39 is 105 Å². The van der Waals surface area contributed by atoms with Gasteiger partial charge in [0.1, 0.15) is 0 Å². The van der Waals surface area contributed by atoms with Gasteiger partial charge in [-0.25, -0.2) is 0 Å². The van der Waals surface area contributed by atoms with Crippen molar-refractivity contribution in [1.29, 1.82) is 10.8 Å². The number of carbonyl (C=O) groups excluding carboxylic acids is 2. The minimum atomic E-state index is -6.47. The first-order chi connectivity index (χ1) is 18.8. The van der Waals surface area contributed by atoms with Crippen LogP contribution in [0.25, 0.3) is 10.6 Å². The number of carbonyl (C=O) groups is 2. The molecule has 0 aromatic rings. The maximum absolute atomic E-state index is 12.4. The summed E-state index contributed by atoms with van der Waals surface area (Å²) >= 11 is -3.08. The zero-order chi connectivity index (χ0) is 36.3. The van der Waals surface area contributed by atoms with Gasteiger partial charge in [-0.1, -0.05) is 0 Å². The number of thioether (sulfide) groups is 2. The Morgan fingerprint density at radius 1 is 0.444 bits per heavy atom. The van der Waals surface area contributed by atoms with Crippen LogP contribution in [0.5, 0.6) is 0 Å². The van der Waals surface area contributed by atoms with Crippen LogP contribution in [0, 0.1) is 10.8 Å². The molecule has 0 fully saturated rings. The normalized spacial score (nSPS) is 13.9. The maximum atomic E-state index is 12.4. The first-order valence-electron chi connectivity index (χ1n) is 8.99. The number of amides is 2.